The van der Waals surface area contributed by atoms with Crippen LogP contribution < -0.4 is 4.90 Å². The number of aromatic nitrogens is 4. The molecule has 0 fully saturated rings. The highest BCUT2D eigenvalue weighted by atomic mass is 32.1. The zero-order chi connectivity index (χ0) is 20.7. The van der Waals surface area contributed by atoms with Gasteiger partial charge in [0.2, 0.25) is 5.76 Å². The zero-order valence-corrected chi connectivity index (χ0v) is 16.8. The largest absolute Gasteiger partial charge is 0.351 e. The molecular formula is C19H17F2N5O2S. The Morgan fingerprint density at radius 1 is 1.17 bits per heavy atom. The van der Waals surface area contributed by atoms with Crippen LogP contribution in [0.4, 0.5) is 13.9 Å². The molecule has 150 valence electrons. The van der Waals surface area contributed by atoms with Crippen molar-refractivity contribution >= 4 is 32.6 Å². The summed E-state index contributed by atoms with van der Waals surface area (Å²) in [6.07, 6.45) is 0. The molecule has 0 N–H and O–H groups in total. The van der Waals surface area contributed by atoms with Crippen LogP contribution in [0.25, 0.3) is 10.2 Å². The van der Waals surface area contributed by atoms with E-state index in [2.05, 4.69) is 15.2 Å². The number of halogens is 2. The molecular weight excluding hydrogens is 400 g/mol. The predicted molar refractivity (Wildman–Crippen MR) is 104 cm³/mol. The summed E-state index contributed by atoms with van der Waals surface area (Å²) in [7, 11) is 0. The molecule has 29 heavy (non-hydrogen) atoms. The Bertz CT molecular complexity index is 1210. The molecule has 0 aliphatic rings. The van der Waals surface area contributed by atoms with Crippen LogP contribution in [0.5, 0.6) is 0 Å². The standard InChI is InChI=1S/C19H17F2N5O2S/c1-10-6-12(3)26(23-10)5-4-25(18(27)15-7-11(2)24-28-15)19-22-17-14(21)8-13(20)9-16(17)29-19/h6-9H,4-5H2,1-3H3. The second-order valence-corrected chi connectivity index (χ2v) is 7.68. The maximum atomic E-state index is 14.1. The fraction of sp³-hybridized carbons (Fsp3) is 0.263. The van der Waals surface area contributed by atoms with Crippen LogP contribution in [0, 0.1) is 32.4 Å². The molecule has 3 heterocycles. The number of nitrogens with zero attached hydrogens (tertiary/aromatic N) is 5. The molecule has 0 aliphatic carbocycles. The summed E-state index contributed by atoms with van der Waals surface area (Å²) < 4.78 is 34.9. The average Bonchev–Trinajstić information content (AvgIpc) is 3.34. The third kappa shape index (κ3) is 3.75. The summed E-state index contributed by atoms with van der Waals surface area (Å²) in [6, 6.07) is 5.42. The van der Waals surface area contributed by atoms with Gasteiger partial charge in [0.1, 0.15) is 11.3 Å². The van der Waals surface area contributed by atoms with Crippen molar-refractivity contribution in [3.05, 3.63) is 58.7 Å². The zero-order valence-electron chi connectivity index (χ0n) is 15.9. The topological polar surface area (TPSA) is 77.0 Å². The minimum atomic E-state index is -0.774. The first-order chi connectivity index (χ1) is 13.8. The quantitative estimate of drug-likeness (QED) is 0.490. The molecule has 4 aromatic rings. The van der Waals surface area contributed by atoms with Gasteiger partial charge < -0.3 is 4.52 Å². The molecule has 0 spiro atoms. The van der Waals surface area contributed by atoms with Crippen molar-refractivity contribution in [1.82, 2.24) is 19.9 Å². The number of thiazole rings is 1. The van der Waals surface area contributed by atoms with Crippen LogP contribution in [0.3, 0.4) is 0 Å². The molecule has 0 radical (unpaired) electrons. The lowest BCUT2D eigenvalue weighted by Gasteiger charge is -2.18. The first-order valence-corrected chi connectivity index (χ1v) is 9.65. The van der Waals surface area contributed by atoms with Crippen molar-refractivity contribution in [2.75, 3.05) is 11.4 Å². The maximum absolute atomic E-state index is 14.1. The van der Waals surface area contributed by atoms with E-state index in [0.29, 0.717) is 16.9 Å². The van der Waals surface area contributed by atoms with E-state index < -0.39 is 17.5 Å². The Hall–Kier alpha value is -3.14. The van der Waals surface area contributed by atoms with Crippen molar-refractivity contribution in [3.8, 4) is 0 Å². The monoisotopic (exact) mass is 417 g/mol. The van der Waals surface area contributed by atoms with Crippen molar-refractivity contribution in [3.63, 3.8) is 0 Å². The van der Waals surface area contributed by atoms with E-state index in [4.69, 9.17) is 4.52 Å². The third-order valence-electron chi connectivity index (χ3n) is 4.36. The van der Waals surface area contributed by atoms with E-state index >= 15 is 0 Å². The molecule has 0 saturated carbocycles. The molecule has 0 unspecified atom stereocenters. The van der Waals surface area contributed by atoms with Gasteiger partial charge in [-0.3, -0.25) is 14.4 Å². The number of amides is 1. The van der Waals surface area contributed by atoms with Crippen LogP contribution >= 0.6 is 11.3 Å². The highest BCUT2D eigenvalue weighted by molar-refractivity contribution is 7.22. The van der Waals surface area contributed by atoms with Crippen LogP contribution in [-0.4, -0.2) is 32.4 Å². The summed E-state index contributed by atoms with van der Waals surface area (Å²) in [5.41, 5.74) is 2.39. The van der Waals surface area contributed by atoms with Crippen molar-refractivity contribution in [2.45, 2.75) is 27.3 Å². The minimum absolute atomic E-state index is 0.0177. The number of fused-ring (bicyclic) bond motifs is 1. The Morgan fingerprint density at radius 3 is 2.62 bits per heavy atom. The maximum Gasteiger partial charge on any atom is 0.298 e. The number of carbonyl (C=O) groups excluding carboxylic acids is 1. The van der Waals surface area contributed by atoms with Crippen LogP contribution in [0.1, 0.15) is 27.6 Å². The van der Waals surface area contributed by atoms with Crippen LogP contribution in [0.2, 0.25) is 0 Å². The van der Waals surface area contributed by atoms with Gasteiger partial charge in [0.15, 0.2) is 10.9 Å². The van der Waals surface area contributed by atoms with Gasteiger partial charge in [0.25, 0.3) is 5.91 Å². The fourth-order valence-electron chi connectivity index (χ4n) is 3.04. The Kier molecular flexibility index (Phi) is 4.87. The molecule has 10 heteroatoms. The number of hydrogen-bond acceptors (Lipinski definition) is 6. The predicted octanol–water partition coefficient (Wildman–Crippen LogP) is 4.03. The molecule has 1 aromatic carbocycles. The van der Waals surface area contributed by atoms with Gasteiger partial charge in [0, 0.05) is 24.4 Å². The molecule has 0 saturated heterocycles. The molecule has 0 atom stereocenters. The van der Waals surface area contributed by atoms with E-state index in [-0.39, 0.29) is 23.0 Å². The van der Waals surface area contributed by atoms with E-state index in [1.165, 1.54) is 17.0 Å². The summed E-state index contributed by atoms with van der Waals surface area (Å²) in [6.45, 7) is 6.11. The minimum Gasteiger partial charge on any atom is -0.351 e. The second kappa shape index (κ2) is 7.36. The summed E-state index contributed by atoms with van der Waals surface area (Å²) in [5, 5.41) is 8.39. The van der Waals surface area contributed by atoms with E-state index in [1.807, 2.05) is 19.9 Å². The lowest BCUT2D eigenvalue weighted by Crippen LogP contribution is -2.34. The van der Waals surface area contributed by atoms with Gasteiger partial charge in [-0.2, -0.15) is 5.10 Å². The second-order valence-electron chi connectivity index (χ2n) is 6.67. The first-order valence-electron chi connectivity index (χ1n) is 8.83. The lowest BCUT2D eigenvalue weighted by molar-refractivity contribution is 0.0950. The van der Waals surface area contributed by atoms with Gasteiger partial charge in [0.05, 0.1) is 22.6 Å². The number of anilines is 1. The molecule has 3 aromatic heterocycles. The van der Waals surface area contributed by atoms with E-state index in [9.17, 15) is 13.6 Å². The van der Waals surface area contributed by atoms with Crippen molar-refractivity contribution in [2.24, 2.45) is 0 Å². The lowest BCUT2D eigenvalue weighted by atomic mass is 10.3. The number of carbonyl (C=O) groups is 1. The Balaban J connectivity index is 1.72. The highest BCUT2D eigenvalue weighted by Crippen LogP contribution is 2.32. The normalized spacial score (nSPS) is 11.3. The van der Waals surface area contributed by atoms with Crippen molar-refractivity contribution < 1.29 is 18.1 Å². The van der Waals surface area contributed by atoms with Gasteiger partial charge in [-0.15, -0.1) is 0 Å². The third-order valence-corrected chi connectivity index (χ3v) is 5.38. The Labute approximate surface area is 168 Å². The molecule has 4 rings (SSSR count). The number of hydrogen-bond donors (Lipinski definition) is 0. The number of aryl methyl sites for hydroxylation is 3. The Morgan fingerprint density at radius 2 is 1.97 bits per heavy atom. The van der Waals surface area contributed by atoms with Crippen LogP contribution in [-0.2, 0) is 6.54 Å². The SMILES string of the molecule is Cc1cc(C(=O)N(CCn2nc(C)cc2C)c2nc3c(F)cc(F)cc3s2)on1. The highest BCUT2D eigenvalue weighted by Gasteiger charge is 2.25. The van der Waals surface area contributed by atoms with Gasteiger partial charge in [-0.25, -0.2) is 13.8 Å². The molecule has 0 bridgehead atoms. The van der Waals surface area contributed by atoms with Gasteiger partial charge in [-0.05, 0) is 32.9 Å². The summed E-state index contributed by atoms with van der Waals surface area (Å²) >= 11 is 1.03. The number of benzene rings is 1. The van der Waals surface area contributed by atoms with E-state index in [1.54, 1.807) is 11.6 Å². The summed E-state index contributed by atoms with van der Waals surface area (Å²) in [4.78, 5) is 18.7. The first kappa shape index (κ1) is 19.2. The smallest absolute Gasteiger partial charge is 0.298 e. The summed E-state index contributed by atoms with van der Waals surface area (Å²) in [5.74, 6) is -1.89. The molecule has 1 amide bonds. The van der Waals surface area contributed by atoms with Gasteiger partial charge in [-0.1, -0.05) is 16.5 Å². The average molecular weight is 417 g/mol. The number of rotatable bonds is 5. The molecule has 0 aliphatic heterocycles. The van der Waals surface area contributed by atoms with Crippen LogP contribution in [0.15, 0.2) is 28.8 Å². The van der Waals surface area contributed by atoms with E-state index in [0.717, 1.165) is 28.8 Å². The van der Waals surface area contributed by atoms with Crippen molar-refractivity contribution in [1.29, 1.82) is 0 Å². The van der Waals surface area contributed by atoms with Gasteiger partial charge >= 0.3 is 0 Å². The molecule has 7 nitrogen and oxygen atoms in total. The fourth-order valence-corrected chi connectivity index (χ4v) is 4.07.